The Morgan fingerprint density at radius 3 is 2.50 bits per heavy atom. The van der Waals surface area contributed by atoms with Gasteiger partial charge in [-0.1, -0.05) is 41.9 Å². The van der Waals surface area contributed by atoms with Crippen LogP contribution in [0.2, 0.25) is 5.02 Å². The van der Waals surface area contributed by atoms with Crippen LogP contribution in [0.15, 0.2) is 54.1 Å². The maximum Gasteiger partial charge on any atom is 0.418 e. The van der Waals surface area contributed by atoms with Gasteiger partial charge in [0.2, 0.25) is 0 Å². The molecule has 1 heterocycles. The number of anilines is 1. The Labute approximate surface area is 187 Å². The predicted octanol–water partition coefficient (Wildman–Crippen LogP) is 5.77. The van der Waals surface area contributed by atoms with E-state index in [2.05, 4.69) is 10.4 Å². The number of carbonyl (C=O) groups excluding carboxylic acids is 1. The van der Waals surface area contributed by atoms with E-state index in [9.17, 15) is 23.2 Å². The Morgan fingerprint density at radius 1 is 1.19 bits per heavy atom. The van der Waals surface area contributed by atoms with Crippen LogP contribution in [0.4, 0.5) is 18.9 Å². The molecule has 2 aromatic carbocycles. The highest BCUT2D eigenvalue weighted by atomic mass is 35.5. The molecule has 0 bridgehead atoms. The summed E-state index contributed by atoms with van der Waals surface area (Å²) in [6.07, 6.45) is -3.32. The van der Waals surface area contributed by atoms with Gasteiger partial charge in [-0.2, -0.15) is 23.5 Å². The fourth-order valence-electron chi connectivity index (χ4n) is 3.18. The SMILES string of the molecule is Cc1nn(Cc2ccccc2Cl)c(C)c1/C=C(\C#N)C(=O)Nc1ccccc1C(F)(F)F. The first kappa shape index (κ1) is 23.1. The average molecular weight is 459 g/mol. The molecule has 9 heteroatoms. The first-order valence-electron chi connectivity index (χ1n) is 9.48. The number of nitrogens with one attached hydrogen (secondary N) is 1. The van der Waals surface area contributed by atoms with Crippen molar-refractivity contribution in [1.29, 1.82) is 5.26 Å². The van der Waals surface area contributed by atoms with Gasteiger partial charge in [0.15, 0.2) is 0 Å². The number of aryl methyl sites for hydroxylation is 1. The van der Waals surface area contributed by atoms with E-state index in [1.54, 1.807) is 30.7 Å². The number of nitriles is 1. The lowest BCUT2D eigenvalue weighted by Crippen LogP contribution is -2.17. The summed E-state index contributed by atoms with van der Waals surface area (Å²) in [7, 11) is 0. The van der Waals surface area contributed by atoms with Gasteiger partial charge in [0, 0.05) is 16.3 Å². The third kappa shape index (κ3) is 5.01. The number of benzene rings is 2. The molecule has 0 atom stereocenters. The minimum absolute atomic E-state index is 0.342. The highest BCUT2D eigenvalue weighted by molar-refractivity contribution is 6.31. The molecule has 1 amide bonds. The number of aromatic nitrogens is 2. The van der Waals surface area contributed by atoms with Crippen molar-refractivity contribution in [2.75, 3.05) is 5.32 Å². The molecule has 3 rings (SSSR count). The Hall–Kier alpha value is -3.57. The van der Waals surface area contributed by atoms with Gasteiger partial charge in [0.25, 0.3) is 5.91 Å². The van der Waals surface area contributed by atoms with E-state index >= 15 is 0 Å². The van der Waals surface area contributed by atoms with Crippen molar-refractivity contribution in [2.45, 2.75) is 26.6 Å². The molecule has 32 heavy (non-hydrogen) atoms. The first-order valence-corrected chi connectivity index (χ1v) is 9.86. The van der Waals surface area contributed by atoms with E-state index < -0.39 is 23.3 Å². The molecule has 0 aliphatic carbocycles. The summed E-state index contributed by atoms with van der Waals surface area (Å²) < 4.78 is 41.3. The fraction of sp³-hybridized carbons (Fsp3) is 0.174. The van der Waals surface area contributed by atoms with Crippen LogP contribution >= 0.6 is 11.6 Å². The van der Waals surface area contributed by atoms with Gasteiger partial charge in [-0.15, -0.1) is 0 Å². The second-order valence-corrected chi connectivity index (χ2v) is 7.41. The van der Waals surface area contributed by atoms with Crippen molar-refractivity contribution in [3.05, 3.63) is 87.2 Å². The fourth-order valence-corrected chi connectivity index (χ4v) is 3.38. The summed E-state index contributed by atoms with van der Waals surface area (Å²) in [5.74, 6) is -0.943. The molecule has 0 aliphatic heterocycles. The summed E-state index contributed by atoms with van der Waals surface area (Å²) in [5, 5.41) is 16.7. The number of rotatable bonds is 5. The van der Waals surface area contributed by atoms with Crippen LogP contribution in [0.3, 0.4) is 0 Å². The molecule has 164 valence electrons. The lowest BCUT2D eigenvalue weighted by molar-refractivity contribution is -0.137. The number of hydrogen-bond acceptors (Lipinski definition) is 3. The van der Waals surface area contributed by atoms with Gasteiger partial charge in [-0.25, -0.2) is 0 Å². The topological polar surface area (TPSA) is 70.7 Å². The summed E-state index contributed by atoms with van der Waals surface area (Å²) >= 11 is 6.21. The molecule has 5 nitrogen and oxygen atoms in total. The Morgan fingerprint density at radius 2 is 1.84 bits per heavy atom. The maximum absolute atomic E-state index is 13.2. The highest BCUT2D eigenvalue weighted by Crippen LogP contribution is 2.34. The Kier molecular flexibility index (Phi) is 6.70. The summed E-state index contributed by atoms with van der Waals surface area (Å²) in [6.45, 7) is 3.87. The second-order valence-electron chi connectivity index (χ2n) is 7.00. The molecule has 0 saturated carbocycles. The van der Waals surface area contributed by atoms with Crippen LogP contribution in [-0.4, -0.2) is 15.7 Å². The minimum atomic E-state index is -4.65. The zero-order valence-electron chi connectivity index (χ0n) is 17.2. The van der Waals surface area contributed by atoms with E-state index in [-0.39, 0.29) is 5.57 Å². The molecular weight excluding hydrogens is 441 g/mol. The Balaban J connectivity index is 1.91. The van der Waals surface area contributed by atoms with Gasteiger partial charge in [0.05, 0.1) is 23.5 Å². The van der Waals surface area contributed by atoms with Crippen molar-refractivity contribution in [2.24, 2.45) is 0 Å². The third-order valence-corrected chi connectivity index (χ3v) is 5.22. The van der Waals surface area contributed by atoms with E-state index in [4.69, 9.17) is 11.6 Å². The van der Waals surface area contributed by atoms with E-state index in [1.807, 2.05) is 18.2 Å². The van der Waals surface area contributed by atoms with Crippen LogP contribution in [0.5, 0.6) is 0 Å². The largest absolute Gasteiger partial charge is 0.418 e. The van der Waals surface area contributed by atoms with Crippen LogP contribution < -0.4 is 5.32 Å². The smallest absolute Gasteiger partial charge is 0.321 e. The molecule has 3 aromatic rings. The van der Waals surface area contributed by atoms with Crippen molar-refractivity contribution in [1.82, 2.24) is 9.78 Å². The zero-order chi connectivity index (χ0) is 23.5. The highest BCUT2D eigenvalue weighted by Gasteiger charge is 2.33. The van der Waals surface area contributed by atoms with Crippen LogP contribution in [0.25, 0.3) is 6.08 Å². The lowest BCUT2D eigenvalue weighted by atomic mass is 10.1. The quantitative estimate of drug-likeness (QED) is 0.390. The third-order valence-electron chi connectivity index (χ3n) is 4.85. The normalized spacial score (nSPS) is 11.8. The van der Waals surface area contributed by atoms with E-state index in [0.717, 1.165) is 17.7 Å². The minimum Gasteiger partial charge on any atom is -0.321 e. The van der Waals surface area contributed by atoms with Crippen molar-refractivity contribution >= 4 is 29.3 Å². The summed E-state index contributed by atoms with van der Waals surface area (Å²) in [4.78, 5) is 12.6. The number of para-hydroxylation sites is 1. The van der Waals surface area contributed by atoms with Crippen LogP contribution in [0, 0.1) is 25.2 Å². The van der Waals surface area contributed by atoms with Crippen molar-refractivity contribution < 1.29 is 18.0 Å². The molecule has 1 N–H and O–H groups in total. The monoisotopic (exact) mass is 458 g/mol. The molecule has 0 radical (unpaired) electrons. The molecule has 0 saturated heterocycles. The van der Waals surface area contributed by atoms with Crippen molar-refractivity contribution in [3.8, 4) is 6.07 Å². The molecular formula is C23H18ClF3N4O. The van der Waals surface area contributed by atoms with Crippen LogP contribution in [0.1, 0.15) is 28.1 Å². The van der Waals surface area contributed by atoms with Gasteiger partial charge in [0.1, 0.15) is 11.6 Å². The number of amides is 1. The Bertz CT molecular complexity index is 1240. The number of halogens is 4. The van der Waals surface area contributed by atoms with E-state index in [1.165, 1.54) is 18.2 Å². The molecule has 0 spiro atoms. The zero-order valence-corrected chi connectivity index (χ0v) is 17.9. The predicted molar refractivity (Wildman–Crippen MR) is 116 cm³/mol. The number of nitrogens with zero attached hydrogens (tertiary/aromatic N) is 3. The standard InChI is InChI=1S/C23H18ClF3N4O/c1-14-18(15(2)31(30-14)13-16-7-3-5-9-20(16)24)11-17(12-28)22(32)29-21-10-6-4-8-19(21)23(25,26)27/h3-11H,13H2,1-2H3,(H,29,32)/b17-11+. The average Bonchev–Trinajstić information content (AvgIpc) is 3.00. The van der Waals surface area contributed by atoms with Gasteiger partial charge in [-0.05, 0) is 43.7 Å². The molecule has 0 aliphatic rings. The number of alkyl halides is 3. The molecule has 1 aromatic heterocycles. The number of hydrogen-bond donors (Lipinski definition) is 1. The van der Waals surface area contributed by atoms with Gasteiger partial charge in [-0.3, -0.25) is 9.48 Å². The second kappa shape index (κ2) is 9.28. The molecule has 0 unspecified atom stereocenters. The summed E-state index contributed by atoms with van der Waals surface area (Å²) in [5.41, 5.74) is 0.861. The van der Waals surface area contributed by atoms with Gasteiger partial charge < -0.3 is 5.32 Å². The van der Waals surface area contributed by atoms with Crippen LogP contribution in [-0.2, 0) is 17.5 Å². The maximum atomic E-state index is 13.2. The first-order chi connectivity index (χ1) is 15.1. The van der Waals surface area contributed by atoms with Gasteiger partial charge >= 0.3 is 6.18 Å². The van der Waals surface area contributed by atoms with E-state index in [0.29, 0.717) is 28.5 Å². The van der Waals surface area contributed by atoms with Crippen molar-refractivity contribution in [3.63, 3.8) is 0 Å². The summed E-state index contributed by atoms with van der Waals surface area (Å²) in [6, 6.07) is 13.6. The number of carbonyl (C=O) groups is 1. The molecule has 0 fully saturated rings. The lowest BCUT2D eigenvalue weighted by Gasteiger charge is -2.13.